The molecule has 6 nitrogen and oxygen atoms in total. The molecule has 96 valence electrons. The molecule has 2 heterocycles. The minimum atomic E-state index is -0.945. The number of piperazine rings is 1. The van der Waals surface area contributed by atoms with E-state index in [0.717, 1.165) is 0 Å². The Morgan fingerprint density at radius 3 is 2.94 bits per heavy atom. The van der Waals surface area contributed by atoms with Crippen LogP contribution in [0.25, 0.3) is 0 Å². The van der Waals surface area contributed by atoms with Crippen LogP contribution < -0.4 is 5.32 Å². The summed E-state index contributed by atoms with van der Waals surface area (Å²) in [5, 5.41) is 12.3. The molecule has 2 amide bonds. The van der Waals surface area contributed by atoms with Crippen LogP contribution in [0.3, 0.4) is 0 Å². The number of nitrogens with zero attached hydrogens (tertiary/aromatic N) is 2. The standard InChI is InChI=1S/C12H15N3O3/c1-12(2)11(18)14-6-7-15(12)10(17)9-8(16)4-3-5-13-9/h3-5,16H,6-7H2,1-2H3,(H,14,18). The molecule has 1 aromatic heterocycles. The highest BCUT2D eigenvalue weighted by Crippen LogP contribution is 2.23. The molecule has 1 aliphatic rings. The molecule has 0 bridgehead atoms. The summed E-state index contributed by atoms with van der Waals surface area (Å²) in [6.45, 7) is 4.13. The number of rotatable bonds is 1. The van der Waals surface area contributed by atoms with E-state index in [1.807, 2.05) is 0 Å². The van der Waals surface area contributed by atoms with Crippen LogP contribution in [0, 0.1) is 0 Å². The van der Waals surface area contributed by atoms with Crippen LogP contribution in [-0.2, 0) is 4.79 Å². The van der Waals surface area contributed by atoms with Gasteiger partial charge in [0.05, 0.1) is 0 Å². The maximum Gasteiger partial charge on any atom is 0.277 e. The van der Waals surface area contributed by atoms with Gasteiger partial charge in [-0.15, -0.1) is 0 Å². The molecule has 0 spiro atoms. The van der Waals surface area contributed by atoms with E-state index in [4.69, 9.17) is 0 Å². The van der Waals surface area contributed by atoms with E-state index in [2.05, 4.69) is 10.3 Å². The highest BCUT2D eigenvalue weighted by Gasteiger charge is 2.41. The minimum absolute atomic E-state index is 0.0275. The Balaban J connectivity index is 2.34. The monoisotopic (exact) mass is 249 g/mol. The van der Waals surface area contributed by atoms with E-state index < -0.39 is 11.4 Å². The highest BCUT2D eigenvalue weighted by atomic mass is 16.3. The topological polar surface area (TPSA) is 82.5 Å². The number of nitrogens with one attached hydrogen (secondary N) is 1. The predicted octanol–water partition coefficient (Wildman–Crippen LogP) is 0.138. The van der Waals surface area contributed by atoms with E-state index >= 15 is 0 Å². The molecule has 2 N–H and O–H groups in total. The molecule has 0 atom stereocenters. The van der Waals surface area contributed by atoms with Gasteiger partial charge < -0.3 is 15.3 Å². The number of aromatic nitrogens is 1. The van der Waals surface area contributed by atoms with E-state index in [1.54, 1.807) is 19.9 Å². The maximum atomic E-state index is 12.3. The summed E-state index contributed by atoms with van der Waals surface area (Å²) in [4.78, 5) is 29.4. The lowest BCUT2D eigenvalue weighted by Gasteiger charge is -2.40. The lowest BCUT2D eigenvalue weighted by molar-refractivity contribution is -0.133. The molecule has 18 heavy (non-hydrogen) atoms. The molecule has 0 radical (unpaired) electrons. The van der Waals surface area contributed by atoms with Gasteiger partial charge >= 0.3 is 0 Å². The normalized spacial score (nSPS) is 18.3. The number of carbonyl (C=O) groups excluding carboxylic acids is 2. The molecule has 0 aromatic carbocycles. The van der Waals surface area contributed by atoms with Gasteiger partial charge in [0.1, 0.15) is 11.3 Å². The van der Waals surface area contributed by atoms with Crippen LogP contribution in [0.1, 0.15) is 24.3 Å². The van der Waals surface area contributed by atoms with Crippen molar-refractivity contribution in [2.24, 2.45) is 0 Å². The van der Waals surface area contributed by atoms with Crippen molar-refractivity contribution in [3.63, 3.8) is 0 Å². The van der Waals surface area contributed by atoms with Crippen LogP contribution in [0.4, 0.5) is 0 Å². The Bertz CT molecular complexity index is 499. The van der Waals surface area contributed by atoms with Crippen molar-refractivity contribution in [1.82, 2.24) is 15.2 Å². The zero-order valence-corrected chi connectivity index (χ0v) is 10.3. The number of aromatic hydroxyl groups is 1. The third kappa shape index (κ3) is 1.90. The molecule has 1 fully saturated rings. The smallest absolute Gasteiger partial charge is 0.277 e. The van der Waals surface area contributed by atoms with Crippen molar-refractivity contribution >= 4 is 11.8 Å². The molecule has 6 heteroatoms. The average molecular weight is 249 g/mol. The van der Waals surface area contributed by atoms with Gasteiger partial charge in [0.15, 0.2) is 5.69 Å². The molecule has 1 saturated heterocycles. The molecular weight excluding hydrogens is 234 g/mol. The zero-order valence-electron chi connectivity index (χ0n) is 10.3. The summed E-state index contributed by atoms with van der Waals surface area (Å²) in [6.07, 6.45) is 1.43. The minimum Gasteiger partial charge on any atom is -0.505 e. The van der Waals surface area contributed by atoms with Gasteiger partial charge in [0.25, 0.3) is 5.91 Å². The van der Waals surface area contributed by atoms with Crippen LogP contribution >= 0.6 is 0 Å². The second kappa shape index (κ2) is 4.29. The van der Waals surface area contributed by atoms with Crippen molar-refractivity contribution in [2.45, 2.75) is 19.4 Å². The predicted molar refractivity (Wildman–Crippen MR) is 64.0 cm³/mol. The number of amides is 2. The molecule has 0 unspecified atom stereocenters. The summed E-state index contributed by atoms with van der Waals surface area (Å²) in [7, 11) is 0. The van der Waals surface area contributed by atoms with Crippen molar-refractivity contribution in [1.29, 1.82) is 0 Å². The first kappa shape index (κ1) is 12.3. The fourth-order valence-electron chi connectivity index (χ4n) is 1.94. The van der Waals surface area contributed by atoms with E-state index in [9.17, 15) is 14.7 Å². The summed E-state index contributed by atoms with van der Waals surface area (Å²) >= 11 is 0. The molecule has 0 aliphatic carbocycles. The Morgan fingerprint density at radius 2 is 2.28 bits per heavy atom. The van der Waals surface area contributed by atoms with Crippen LogP contribution in [0.15, 0.2) is 18.3 Å². The van der Waals surface area contributed by atoms with Gasteiger partial charge in [0, 0.05) is 19.3 Å². The number of carbonyl (C=O) groups is 2. The van der Waals surface area contributed by atoms with E-state index in [-0.39, 0.29) is 17.4 Å². The SMILES string of the molecule is CC1(C)C(=O)NCCN1C(=O)c1ncccc1O. The summed E-state index contributed by atoms with van der Waals surface area (Å²) in [6, 6.07) is 2.94. The van der Waals surface area contributed by atoms with Crippen LogP contribution in [-0.4, -0.2) is 45.4 Å². The molecule has 0 saturated carbocycles. The molecular formula is C12H15N3O3. The summed E-state index contributed by atoms with van der Waals surface area (Å²) in [5.41, 5.74) is -0.973. The second-order valence-electron chi connectivity index (χ2n) is 4.64. The first-order valence-electron chi connectivity index (χ1n) is 5.69. The first-order valence-corrected chi connectivity index (χ1v) is 5.69. The Hall–Kier alpha value is -2.11. The third-order valence-electron chi connectivity index (χ3n) is 3.09. The lowest BCUT2D eigenvalue weighted by Crippen LogP contribution is -2.63. The van der Waals surface area contributed by atoms with Gasteiger partial charge in [-0.2, -0.15) is 0 Å². The van der Waals surface area contributed by atoms with Gasteiger partial charge in [0.2, 0.25) is 5.91 Å². The third-order valence-corrected chi connectivity index (χ3v) is 3.09. The fraction of sp³-hybridized carbons (Fsp3) is 0.417. The van der Waals surface area contributed by atoms with Gasteiger partial charge in [-0.05, 0) is 26.0 Å². The number of pyridine rings is 1. The largest absolute Gasteiger partial charge is 0.505 e. The van der Waals surface area contributed by atoms with Gasteiger partial charge in [-0.1, -0.05) is 0 Å². The van der Waals surface area contributed by atoms with Gasteiger partial charge in [-0.3, -0.25) is 9.59 Å². The Kier molecular flexibility index (Phi) is 2.94. The molecule has 2 rings (SSSR count). The zero-order chi connectivity index (χ0) is 13.3. The number of hydrogen-bond donors (Lipinski definition) is 2. The lowest BCUT2D eigenvalue weighted by atomic mass is 9.98. The quantitative estimate of drug-likeness (QED) is 0.741. The van der Waals surface area contributed by atoms with Crippen molar-refractivity contribution in [2.75, 3.05) is 13.1 Å². The fourth-order valence-corrected chi connectivity index (χ4v) is 1.94. The van der Waals surface area contributed by atoms with E-state index in [0.29, 0.717) is 13.1 Å². The average Bonchev–Trinajstić information content (AvgIpc) is 2.32. The highest BCUT2D eigenvalue weighted by molar-refractivity contribution is 5.99. The number of hydrogen-bond acceptors (Lipinski definition) is 4. The van der Waals surface area contributed by atoms with Gasteiger partial charge in [-0.25, -0.2) is 4.98 Å². The Morgan fingerprint density at radius 1 is 1.56 bits per heavy atom. The Labute approximate surface area is 105 Å². The van der Waals surface area contributed by atoms with E-state index in [1.165, 1.54) is 17.2 Å². The van der Waals surface area contributed by atoms with Crippen LogP contribution in [0.2, 0.25) is 0 Å². The van der Waals surface area contributed by atoms with Crippen molar-refractivity contribution in [3.05, 3.63) is 24.0 Å². The van der Waals surface area contributed by atoms with Crippen molar-refractivity contribution in [3.8, 4) is 5.75 Å². The molecule has 1 aromatic rings. The second-order valence-corrected chi connectivity index (χ2v) is 4.64. The van der Waals surface area contributed by atoms with Crippen molar-refractivity contribution < 1.29 is 14.7 Å². The summed E-state index contributed by atoms with van der Waals surface area (Å²) < 4.78 is 0. The molecule has 1 aliphatic heterocycles. The van der Waals surface area contributed by atoms with Crippen LogP contribution in [0.5, 0.6) is 5.75 Å². The maximum absolute atomic E-state index is 12.3. The summed E-state index contributed by atoms with van der Waals surface area (Å²) in [5.74, 6) is -0.824. The first-order chi connectivity index (χ1) is 8.44.